The first-order valence-corrected chi connectivity index (χ1v) is 11.2. The molecule has 0 amide bonds. The second kappa shape index (κ2) is 13.1. The first-order valence-electron chi connectivity index (χ1n) is 10.7. The van der Waals surface area contributed by atoms with Crippen LogP contribution in [0.1, 0.15) is 17.0 Å². The van der Waals surface area contributed by atoms with Crippen LogP contribution in [0.2, 0.25) is 0 Å². The number of ether oxygens (including phenoxy) is 2. The van der Waals surface area contributed by atoms with Gasteiger partial charge >= 0.3 is 51.4 Å². The number of aryl methyl sites for hydroxylation is 1. The number of aromatic nitrogens is 4. The summed E-state index contributed by atoms with van der Waals surface area (Å²) in [5.41, 5.74) is 5.87. The Bertz CT molecular complexity index is 1060. The molecule has 3 heterocycles. The van der Waals surface area contributed by atoms with Gasteiger partial charge in [-0.15, -0.1) is 17.7 Å². The molecule has 0 aliphatic carbocycles. The van der Waals surface area contributed by atoms with Crippen LogP contribution in [0, 0.1) is 19.7 Å². The van der Waals surface area contributed by atoms with Gasteiger partial charge in [-0.3, -0.25) is 0 Å². The molecular weight excluding hydrogens is 465 g/mol. The van der Waals surface area contributed by atoms with Crippen LogP contribution in [0.25, 0.3) is 17.0 Å². The molecule has 1 aliphatic heterocycles. The fourth-order valence-corrected chi connectivity index (χ4v) is 3.83. The van der Waals surface area contributed by atoms with Crippen molar-refractivity contribution in [2.45, 2.75) is 19.3 Å². The molecule has 1 fully saturated rings. The Morgan fingerprint density at radius 3 is 2.85 bits per heavy atom. The SMILES string of the molecule is COCCn1[c-]c(/C(=C\[CH-]n2nc(-c3cccc(C)c3)cc2CCl)N2CCOCC2)nc1.[K+]. The van der Waals surface area contributed by atoms with E-state index < -0.39 is 0 Å². The van der Waals surface area contributed by atoms with Crippen LogP contribution in [-0.4, -0.2) is 64.3 Å². The molecule has 0 radical (unpaired) electrons. The van der Waals surface area contributed by atoms with E-state index in [2.05, 4.69) is 41.2 Å². The second-order valence-electron chi connectivity index (χ2n) is 7.66. The standard InChI is InChI=1S/C24H28ClN5O2.K/c1-19-4-3-5-20(14-19)22-15-21(16-25)30(27-22)7-6-24(29-9-12-32-13-10-29)23-17-28(18-26-23)8-11-31-2;/h3-7,14-15,18H,8-13,16H2,1-2H3;/q-2;+1/b24-6+;. The molecule has 0 atom stereocenters. The van der Waals surface area contributed by atoms with Gasteiger partial charge in [-0.2, -0.15) is 5.10 Å². The molecule has 2 aromatic heterocycles. The molecule has 7 nitrogen and oxygen atoms in total. The molecule has 0 unspecified atom stereocenters. The monoisotopic (exact) mass is 492 g/mol. The number of morpholine rings is 1. The van der Waals surface area contributed by atoms with Gasteiger partial charge < -0.3 is 28.6 Å². The molecule has 3 aromatic rings. The van der Waals surface area contributed by atoms with E-state index in [9.17, 15) is 0 Å². The maximum absolute atomic E-state index is 6.23. The van der Waals surface area contributed by atoms with Crippen molar-refractivity contribution in [3.63, 3.8) is 0 Å². The largest absolute Gasteiger partial charge is 1.00 e. The van der Waals surface area contributed by atoms with Gasteiger partial charge in [0.1, 0.15) is 0 Å². The number of allylic oxidation sites excluding steroid dienone is 1. The van der Waals surface area contributed by atoms with Crippen LogP contribution in [0.5, 0.6) is 0 Å². The molecule has 1 saturated heterocycles. The van der Waals surface area contributed by atoms with Gasteiger partial charge in [-0.05, 0) is 36.4 Å². The topological polar surface area (TPSA) is 57.3 Å². The van der Waals surface area contributed by atoms with Gasteiger partial charge in [0.2, 0.25) is 0 Å². The zero-order chi connectivity index (χ0) is 22.3. The van der Waals surface area contributed by atoms with Gasteiger partial charge in [0.05, 0.1) is 25.5 Å². The van der Waals surface area contributed by atoms with E-state index in [0.717, 1.165) is 41.4 Å². The van der Waals surface area contributed by atoms with Gasteiger partial charge in [-0.25, -0.2) is 0 Å². The minimum atomic E-state index is 0. The summed E-state index contributed by atoms with van der Waals surface area (Å²) >= 11 is 6.23. The summed E-state index contributed by atoms with van der Waals surface area (Å²) in [5.74, 6) is 0.369. The number of methoxy groups -OCH3 is 1. The van der Waals surface area contributed by atoms with Crippen molar-refractivity contribution < 1.29 is 60.9 Å². The summed E-state index contributed by atoms with van der Waals surface area (Å²) in [5, 5.41) is 4.79. The van der Waals surface area contributed by atoms with Crippen LogP contribution in [0.3, 0.4) is 0 Å². The zero-order valence-electron chi connectivity index (χ0n) is 19.5. The van der Waals surface area contributed by atoms with E-state index in [-0.39, 0.29) is 51.4 Å². The summed E-state index contributed by atoms with van der Waals surface area (Å²) in [4.78, 5) is 6.86. The van der Waals surface area contributed by atoms with Gasteiger partial charge in [-0.1, -0.05) is 42.6 Å². The minimum Gasteiger partial charge on any atom is -0.442 e. The third-order valence-electron chi connectivity index (χ3n) is 5.34. The van der Waals surface area contributed by atoms with Crippen LogP contribution in [0.4, 0.5) is 0 Å². The smallest absolute Gasteiger partial charge is 0.442 e. The van der Waals surface area contributed by atoms with Crippen LogP contribution >= 0.6 is 11.6 Å². The number of alkyl halides is 1. The third kappa shape index (κ3) is 6.96. The van der Waals surface area contributed by atoms with Gasteiger partial charge in [0, 0.05) is 38.2 Å². The average Bonchev–Trinajstić information content (AvgIpc) is 3.46. The summed E-state index contributed by atoms with van der Waals surface area (Å²) in [6.07, 6.45) is 7.17. The van der Waals surface area contributed by atoms with Crippen LogP contribution in [-0.2, 0) is 21.9 Å². The Morgan fingerprint density at radius 2 is 2.12 bits per heavy atom. The van der Waals surface area contributed by atoms with Crippen molar-refractivity contribution in [2.75, 3.05) is 40.0 Å². The molecule has 4 rings (SSSR count). The van der Waals surface area contributed by atoms with E-state index in [1.54, 1.807) is 13.4 Å². The van der Waals surface area contributed by atoms with E-state index in [1.165, 1.54) is 5.56 Å². The maximum Gasteiger partial charge on any atom is 1.00 e. The number of halogens is 1. The number of imidazole rings is 1. The van der Waals surface area contributed by atoms with Crippen molar-refractivity contribution in [2.24, 2.45) is 0 Å². The van der Waals surface area contributed by atoms with Gasteiger partial charge in [0.25, 0.3) is 0 Å². The predicted octanol–water partition coefficient (Wildman–Crippen LogP) is 0.628. The summed E-state index contributed by atoms with van der Waals surface area (Å²) in [6, 6.07) is 10.3. The molecule has 0 N–H and O–H groups in total. The number of hydrogen-bond acceptors (Lipinski definition) is 5. The molecule has 1 aromatic carbocycles. The Labute approximate surface area is 243 Å². The molecule has 0 spiro atoms. The number of hydrogen-bond donors (Lipinski definition) is 0. The van der Waals surface area contributed by atoms with Gasteiger partial charge in [0.15, 0.2) is 0 Å². The molecule has 33 heavy (non-hydrogen) atoms. The van der Waals surface area contributed by atoms with Crippen molar-refractivity contribution in [1.82, 2.24) is 24.2 Å². The van der Waals surface area contributed by atoms with E-state index in [1.807, 2.05) is 34.0 Å². The third-order valence-corrected chi connectivity index (χ3v) is 5.62. The number of benzene rings is 1. The van der Waals surface area contributed by atoms with Crippen LogP contribution < -0.4 is 51.4 Å². The predicted molar refractivity (Wildman–Crippen MR) is 125 cm³/mol. The quantitative estimate of drug-likeness (QED) is 0.249. The Kier molecular flexibility index (Phi) is 10.5. The average molecular weight is 493 g/mol. The van der Waals surface area contributed by atoms with Crippen molar-refractivity contribution in [1.29, 1.82) is 0 Å². The second-order valence-corrected chi connectivity index (χ2v) is 7.93. The molecule has 9 heteroatoms. The Hall–Kier alpha value is -1.10. The fraction of sp³-hybridized carbons (Fsp3) is 0.375. The van der Waals surface area contributed by atoms with E-state index >= 15 is 0 Å². The summed E-state index contributed by atoms with van der Waals surface area (Å²) < 4.78 is 14.5. The van der Waals surface area contributed by atoms with E-state index in [4.69, 9.17) is 26.2 Å². The first-order chi connectivity index (χ1) is 15.7. The molecule has 170 valence electrons. The summed E-state index contributed by atoms with van der Waals surface area (Å²) in [7, 11) is 1.69. The maximum atomic E-state index is 6.23. The minimum absolute atomic E-state index is 0. The fourth-order valence-electron chi connectivity index (χ4n) is 3.63. The normalized spacial score (nSPS) is 14.3. The Balaban J connectivity index is 0.00000306. The molecule has 0 bridgehead atoms. The summed E-state index contributed by atoms with van der Waals surface area (Å²) in [6.45, 7) is 8.32. The van der Waals surface area contributed by atoms with Crippen LogP contribution in [0.15, 0.2) is 42.7 Å². The van der Waals surface area contributed by atoms with Crippen molar-refractivity contribution in [3.8, 4) is 11.3 Å². The first kappa shape index (κ1) is 26.5. The molecular formula is C24H28ClKN5O2-. The Morgan fingerprint density at radius 1 is 1.30 bits per heavy atom. The zero-order valence-corrected chi connectivity index (χ0v) is 23.4. The van der Waals surface area contributed by atoms with E-state index in [0.29, 0.717) is 32.2 Å². The molecule has 0 saturated carbocycles. The van der Waals surface area contributed by atoms with Crippen molar-refractivity contribution in [3.05, 3.63) is 72.4 Å². The van der Waals surface area contributed by atoms with Crippen molar-refractivity contribution >= 4 is 17.3 Å². The number of rotatable bonds is 9. The molecule has 1 aliphatic rings. The number of nitrogens with zero attached hydrogens (tertiary/aromatic N) is 5.